The lowest BCUT2D eigenvalue weighted by Gasteiger charge is -2.16. The van der Waals surface area contributed by atoms with Crippen LogP contribution in [0.2, 0.25) is 5.02 Å². The standard InChI is InChI=1S/C15H24ClFN2/c1-2-3-4-5-6-7-14(19-18)10-12-8-9-13(17)11-15(12)16/h8-9,11,14,19H,2-7,10,18H2,1H3. The Hall–Kier alpha value is -0.640. The number of hydrogen-bond donors (Lipinski definition) is 2. The van der Waals surface area contributed by atoms with Crippen molar-refractivity contribution < 1.29 is 4.39 Å². The van der Waals surface area contributed by atoms with Crippen LogP contribution < -0.4 is 11.3 Å². The molecule has 0 spiro atoms. The van der Waals surface area contributed by atoms with Crippen LogP contribution in [-0.2, 0) is 6.42 Å². The zero-order chi connectivity index (χ0) is 14.1. The average Bonchev–Trinajstić information content (AvgIpc) is 2.39. The van der Waals surface area contributed by atoms with Crippen molar-refractivity contribution in [1.29, 1.82) is 0 Å². The van der Waals surface area contributed by atoms with Crippen molar-refractivity contribution in [3.63, 3.8) is 0 Å². The second-order valence-corrected chi connectivity index (χ2v) is 5.41. The van der Waals surface area contributed by atoms with Crippen molar-refractivity contribution in [2.45, 2.75) is 57.9 Å². The third-order valence-electron chi connectivity index (χ3n) is 3.37. The van der Waals surface area contributed by atoms with Crippen LogP contribution in [0, 0.1) is 5.82 Å². The van der Waals surface area contributed by atoms with E-state index in [9.17, 15) is 4.39 Å². The molecule has 2 nitrogen and oxygen atoms in total. The van der Waals surface area contributed by atoms with Crippen LogP contribution in [0.4, 0.5) is 4.39 Å². The summed E-state index contributed by atoms with van der Waals surface area (Å²) in [6.45, 7) is 2.21. The topological polar surface area (TPSA) is 38.0 Å². The summed E-state index contributed by atoms with van der Waals surface area (Å²) in [4.78, 5) is 0. The van der Waals surface area contributed by atoms with E-state index in [2.05, 4.69) is 12.3 Å². The summed E-state index contributed by atoms with van der Waals surface area (Å²) in [5.74, 6) is 5.27. The van der Waals surface area contributed by atoms with Crippen molar-refractivity contribution in [2.24, 2.45) is 5.84 Å². The first kappa shape index (κ1) is 16.4. The highest BCUT2D eigenvalue weighted by Crippen LogP contribution is 2.20. The van der Waals surface area contributed by atoms with Gasteiger partial charge in [-0.05, 0) is 30.5 Å². The lowest BCUT2D eigenvalue weighted by Crippen LogP contribution is -2.36. The number of halogens is 2. The molecule has 0 fully saturated rings. The lowest BCUT2D eigenvalue weighted by molar-refractivity contribution is 0.460. The van der Waals surface area contributed by atoms with Gasteiger partial charge < -0.3 is 0 Å². The molecule has 0 aliphatic carbocycles. The first-order chi connectivity index (χ1) is 9.17. The summed E-state index contributed by atoms with van der Waals surface area (Å²) in [5, 5.41) is 0.478. The molecule has 1 atom stereocenters. The van der Waals surface area contributed by atoms with E-state index in [0.29, 0.717) is 5.02 Å². The van der Waals surface area contributed by atoms with Crippen molar-refractivity contribution in [2.75, 3.05) is 0 Å². The van der Waals surface area contributed by atoms with Gasteiger partial charge in [-0.15, -0.1) is 0 Å². The van der Waals surface area contributed by atoms with Gasteiger partial charge in [0.15, 0.2) is 0 Å². The molecule has 0 aromatic heterocycles. The number of nitrogens with two attached hydrogens (primary N) is 1. The maximum absolute atomic E-state index is 13.0. The van der Waals surface area contributed by atoms with E-state index in [4.69, 9.17) is 17.4 Å². The van der Waals surface area contributed by atoms with Crippen LogP contribution in [0.5, 0.6) is 0 Å². The van der Waals surface area contributed by atoms with E-state index < -0.39 is 0 Å². The van der Waals surface area contributed by atoms with Gasteiger partial charge in [-0.3, -0.25) is 11.3 Å². The molecule has 0 amide bonds. The van der Waals surface area contributed by atoms with Crippen molar-refractivity contribution >= 4 is 11.6 Å². The molecule has 0 heterocycles. The lowest BCUT2D eigenvalue weighted by atomic mass is 10.00. The van der Waals surface area contributed by atoms with Crippen LogP contribution in [-0.4, -0.2) is 6.04 Å². The minimum atomic E-state index is -0.300. The van der Waals surface area contributed by atoms with E-state index in [1.54, 1.807) is 6.07 Å². The van der Waals surface area contributed by atoms with Crippen LogP contribution >= 0.6 is 11.6 Å². The van der Waals surface area contributed by atoms with Crippen molar-refractivity contribution in [3.05, 3.63) is 34.6 Å². The largest absolute Gasteiger partial charge is 0.271 e. The van der Waals surface area contributed by atoms with Crippen LogP contribution in [0.1, 0.15) is 51.0 Å². The van der Waals surface area contributed by atoms with E-state index in [1.807, 2.05) is 0 Å². The summed E-state index contributed by atoms with van der Waals surface area (Å²) in [6.07, 6.45) is 7.99. The van der Waals surface area contributed by atoms with Gasteiger partial charge in [0.05, 0.1) is 0 Å². The SMILES string of the molecule is CCCCCCCC(Cc1ccc(F)cc1Cl)NN. The first-order valence-electron chi connectivity index (χ1n) is 7.07. The summed E-state index contributed by atoms with van der Waals surface area (Å²) in [6, 6.07) is 4.73. The summed E-state index contributed by atoms with van der Waals surface area (Å²) in [5.41, 5.74) is 3.77. The molecule has 3 N–H and O–H groups in total. The van der Waals surface area contributed by atoms with Gasteiger partial charge >= 0.3 is 0 Å². The Morgan fingerprint density at radius 2 is 2.00 bits per heavy atom. The molecule has 1 rings (SSSR count). The third-order valence-corrected chi connectivity index (χ3v) is 3.73. The second kappa shape index (κ2) is 9.29. The van der Waals surface area contributed by atoms with Gasteiger partial charge in [-0.2, -0.15) is 0 Å². The molecular formula is C15H24ClFN2. The Morgan fingerprint density at radius 3 is 2.63 bits per heavy atom. The number of benzene rings is 1. The molecular weight excluding hydrogens is 263 g/mol. The monoisotopic (exact) mass is 286 g/mol. The molecule has 0 aliphatic rings. The molecule has 19 heavy (non-hydrogen) atoms. The number of rotatable bonds is 9. The Balaban J connectivity index is 2.39. The quantitative estimate of drug-likeness (QED) is 0.405. The molecule has 108 valence electrons. The van der Waals surface area contributed by atoms with Gasteiger partial charge in [0.25, 0.3) is 0 Å². The normalized spacial score (nSPS) is 12.6. The van der Waals surface area contributed by atoms with E-state index in [0.717, 1.165) is 24.8 Å². The van der Waals surface area contributed by atoms with Gasteiger partial charge in [0.1, 0.15) is 5.82 Å². The number of nitrogens with one attached hydrogen (secondary N) is 1. The maximum Gasteiger partial charge on any atom is 0.124 e. The van der Waals surface area contributed by atoms with Gasteiger partial charge in [0.2, 0.25) is 0 Å². The molecule has 0 saturated heterocycles. The Bertz CT molecular complexity index is 371. The van der Waals surface area contributed by atoms with Crippen LogP contribution in [0.3, 0.4) is 0 Å². The first-order valence-corrected chi connectivity index (χ1v) is 7.45. The fraction of sp³-hybridized carbons (Fsp3) is 0.600. The average molecular weight is 287 g/mol. The van der Waals surface area contributed by atoms with Crippen LogP contribution in [0.25, 0.3) is 0 Å². The molecule has 1 unspecified atom stereocenters. The molecule has 0 aliphatic heterocycles. The van der Waals surface area contributed by atoms with Crippen molar-refractivity contribution in [3.8, 4) is 0 Å². The predicted octanol–water partition coefficient (Wildman–Crippen LogP) is 4.21. The van der Waals surface area contributed by atoms with Crippen molar-refractivity contribution in [1.82, 2.24) is 5.43 Å². The highest BCUT2D eigenvalue weighted by molar-refractivity contribution is 6.31. The summed E-state index contributed by atoms with van der Waals surface area (Å²) in [7, 11) is 0. The molecule has 1 aromatic carbocycles. The molecule has 1 aromatic rings. The van der Waals surface area contributed by atoms with Gasteiger partial charge in [0, 0.05) is 11.1 Å². The Morgan fingerprint density at radius 1 is 1.26 bits per heavy atom. The van der Waals surface area contributed by atoms with E-state index in [-0.39, 0.29) is 11.9 Å². The minimum Gasteiger partial charge on any atom is -0.271 e. The summed E-state index contributed by atoms with van der Waals surface area (Å²) < 4.78 is 13.0. The fourth-order valence-electron chi connectivity index (χ4n) is 2.19. The number of hydrazine groups is 1. The minimum absolute atomic E-state index is 0.199. The predicted molar refractivity (Wildman–Crippen MR) is 79.6 cm³/mol. The van der Waals surface area contributed by atoms with Crippen LogP contribution in [0.15, 0.2) is 18.2 Å². The number of hydrogen-bond acceptors (Lipinski definition) is 2. The van der Waals surface area contributed by atoms with Gasteiger partial charge in [-0.1, -0.05) is 56.7 Å². The highest BCUT2D eigenvalue weighted by atomic mass is 35.5. The van der Waals surface area contributed by atoms with E-state index in [1.165, 1.54) is 37.8 Å². The molecule has 4 heteroatoms. The molecule has 0 radical (unpaired) electrons. The van der Waals surface area contributed by atoms with E-state index >= 15 is 0 Å². The van der Waals surface area contributed by atoms with Gasteiger partial charge in [-0.25, -0.2) is 4.39 Å². The number of unbranched alkanes of at least 4 members (excludes halogenated alkanes) is 4. The zero-order valence-electron chi connectivity index (χ0n) is 11.6. The molecule has 0 bridgehead atoms. The summed E-state index contributed by atoms with van der Waals surface area (Å²) >= 11 is 6.02. The Kier molecular flexibility index (Phi) is 8.03. The second-order valence-electron chi connectivity index (χ2n) is 5.01. The third kappa shape index (κ3) is 6.37. The fourth-order valence-corrected chi connectivity index (χ4v) is 2.44. The maximum atomic E-state index is 13.0. The smallest absolute Gasteiger partial charge is 0.124 e. The molecule has 0 saturated carbocycles. The Labute approximate surface area is 120 Å². The highest BCUT2D eigenvalue weighted by Gasteiger charge is 2.10. The zero-order valence-corrected chi connectivity index (χ0v) is 12.3.